The SMILES string of the molecule is Cl.O=C(Nc1ccc(CC(=O)N2CCc3ccccc32)cc1)C1CCCNC1. The Morgan fingerprint density at radius 1 is 1.11 bits per heavy atom. The maximum atomic E-state index is 12.7. The number of benzene rings is 2. The summed E-state index contributed by atoms with van der Waals surface area (Å²) in [6.07, 6.45) is 3.26. The van der Waals surface area contributed by atoms with Gasteiger partial charge < -0.3 is 15.5 Å². The molecule has 148 valence electrons. The predicted molar refractivity (Wildman–Crippen MR) is 114 cm³/mol. The topological polar surface area (TPSA) is 61.4 Å². The molecule has 1 unspecified atom stereocenters. The van der Waals surface area contributed by atoms with Gasteiger partial charge in [0.25, 0.3) is 0 Å². The molecule has 2 amide bonds. The quantitative estimate of drug-likeness (QED) is 0.830. The van der Waals surface area contributed by atoms with Gasteiger partial charge in [-0.2, -0.15) is 0 Å². The van der Waals surface area contributed by atoms with Crippen molar-refractivity contribution in [2.45, 2.75) is 25.7 Å². The highest BCUT2D eigenvalue weighted by atomic mass is 35.5. The smallest absolute Gasteiger partial charge is 0.231 e. The summed E-state index contributed by atoms with van der Waals surface area (Å²) >= 11 is 0. The summed E-state index contributed by atoms with van der Waals surface area (Å²) in [6.45, 7) is 2.49. The molecule has 2 aliphatic rings. The molecule has 2 aromatic carbocycles. The monoisotopic (exact) mass is 399 g/mol. The Labute approximate surface area is 171 Å². The zero-order valence-electron chi connectivity index (χ0n) is 15.8. The number of hydrogen-bond donors (Lipinski definition) is 2. The second-order valence-corrected chi connectivity index (χ2v) is 7.33. The fourth-order valence-corrected chi connectivity index (χ4v) is 3.89. The summed E-state index contributed by atoms with van der Waals surface area (Å²) in [6, 6.07) is 15.7. The number of hydrogen-bond acceptors (Lipinski definition) is 3. The molecule has 1 saturated heterocycles. The Kier molecular flexibility index (Phi) is 6.70. The highest BCUT2D eigenvalue weighted by Crippen LogP contribution is 2.28. The molecule has 6 heteroatoms. The van der Waals surface area contributed by atoms with Gasteiger partial charge in [0.1, 0.15) is 0 Å². The van der Waals surface area contributed by atoms with Crippen LogP contribution in [-0.4, -0.2) is 31.4 Å². The van der Waals surface area contributed by atoms with E-state index in [0.29, 0.717) is 6.42 Å². The van der Waals surface area contributed by atoms with Crippen LogP contribution in [0.3, 0.4) is 0 Å². The zero-order chi connectivity index (χ0) is 18.6. The maximum Gasteiger partial charge on any atom is 0.231 e. The number of nitrogens with zero attached hydrogens (tertiary/aromatic N) is 1. The Bertz CT molecular complexity index is 832. The van der Waals surface area contributed by atoms with Gasteiger partial charge in [-0.05, 0) is 55.1 Å². The van der Waals surface area contributed by atoms with E-state index in [2.05, 4.69) is 16.7 Å². The van der Waals surface area contributed by atoms with Gasteiger partial charge in [-0.1, -0.05) is 30.3 Å². The van der Waals surface area contributed by atoms with Gasteiger partial charge in [0, 0.05) is 24.5 Å². The van der Waals surface area contributed by atoms with Crippen molar-refractivity contribution in [3.8, 4) is 0 Å². The minimum absolute atomic E-state index is 0. The average molecular weight is 400 g/mol. The van der Waals surface area contributed by atoms with Crippen LogP contribution in [0.2, 0.25) is 0 Å². The number of fused-ring (bicyclic) bond motifs is 1. The molecule has 1 atom stereocenters. The third-order valence-corrected chi connectivity index (χ3v) is 5.43. The number of rotatable bonds is 4. The zero-order valence-corrected chi connectivity index (χ0v) is 16.6. The molecule has 1 fully saturated rings. The average Bonchev–Trinajstić information content (AvgIpc) is 3.14. The number of carbonyl (C=O) groups excluding carboxylic acids is 2. The van der Waals surface area contributed by atoms with Crippen LogP contribution in [0.4, 0.5) is 11.4 Å². The number of para-hydroxylation sites is 1. The minimum Gasteiger partial charge on any atom is -0.326 e. The molecule has 4 rings (SSSR count). The summed E-state index contributed by atoms with van der Waals surface area (Å²) in [7, 11) is 0. The van der Waals surface area contributed by atoms with Gasteiger partial charge in [-0.25, -0.2) is 0 Å². The number of piperidine rings is 1. The van der Waals surface area contributed by atoms with Crippen molar-refractivity contribution in [2.24, 2.45) is 5.92 Å². The lowest BCUT2D eigenvalue weighted by Crippen LogP contribution is -2.37. The van der Waals surface area contributed by atoms with E-state index in [-0.39, 0.29) is 30.1 Å². The maximum absolute atomic E-state index is 12.7. The second-order valence-electron chi connectivity index (χ2n) is 7.33. The molecule has 0 radical (unpaired) electrons. The van der Waals surface area contributed by atoms with Crippen molar-refractivity contribution in [3.63, 3.8) is 0 Å². The van der Waals surface area contributed by atoms with E-state index < -0.39 is 0 Å². The van der Waals surface area contributed by atoms with Crippen LogP contribution in [0.5, 0.6) is 0 Å². The van der Waals surface area contributed by atoms with Gasteiger partial charge in [0.15, 0.2) is 0 Å². The van der Waals surface area contributed by atoms with E-state index in [1.807, 2.05) is 47.4 Å². The number of halogens is 1. The molecule has 0 saturated carbocycles. The Balaban J connectivity index is 0.00000225. The number of anilines is 2. The predicted octanol–water partition coefficient (Wildman–Crippen LogP) is 3.18. The number of nitrogens with one attached hydrogen (secondary N) is 2. The minimum atomic E-state index is 0. The number of amides is 2. The molecule has 0 bridgehead atoms. The Morgan fingerprint density at radius 3 is 2.64 bits per heavy atom. The molecular formula is C22H26ClN3O2. The molecule has 0 spiro atoms. The first-order valence-electron chi connectivity index (χ1n) is 9.69. The molecule has 28 heavy (non-hydrogen) atoms. The van der Waals surface area contributed by atoms with E-state index >= 15 is 0 Å². The van der Waals surface area contributed by atoms with Gasteiger partial charge in [0.2, 0.25) is 11.8 Å². The summed E-state index contributed by atoms with van der Waals surface area (Å²) in [5.74, 6) is 0.222. The third kappa shape index (κ3) is 4.54. The van der Waals surface area contributed by atoms with Crippen LogP contribution in [0.1, 0.15) is 24.0 Å². The third-order valence-electron chi connectivity index (χ3n) is 5.43. The van der Waals surface area contributed by atoms with Crippen LogP contribution in [0, 0.1) is 5.92 Å². The number of carbonyl (C=O) groups is 2. The van der Waals surface area contributed by atoms with Crippen LogP contribution in [0.15, 0.2) is 48.5 Å². The summed E-state index contributed by atoms with van der Waals surface area (Å²) < 4.78 is 0. The lowest BCUT2D eigenvalue weighted by Gasteiger charge is -2.22. The van der Waals surface area contributed by atoms with Crippen molar-refractivity contribution in [1.29, 1.82) is 0 Å². The van der Waals surface area contributed by atoms with Crippen molar-refractivity contribution in [3.05, 3.63) is 59.7 Å². The van der Waals surface area contributed by atoms with E-state index in [9.17, 15) is 9.59 Å². The molecule has 0 aliphatic carbocycles. The lowest BCUT2D eigenvalue weighted by molar-refractivity contribution is -0.120. The highest BCUT2D eigenvalue weighted by molar-refractivity contribution is 5.97. The van der Waals surface area contributed by atoms with E-state index in [0.717, 1.165) is 55.8 Å². The van der Waals surface area contributed by atoms with E-state index in [4.69, 9.17) is 0 Å². The van der Waals surface area contributed by atoms with Crippen LogP contribution < -0.4 is 15.5 Å². The summed E-state index contributed by atoms with van der Waals surface area (Å²) in [5.41, 5.74) is 4.02. The summed E-state index contributed by atoms with van der Waals surface area (Å²) in [5, 5.41) is 6.25. The normalized spacial score (nSPS) is 18.1. The van der Waals surface area contributed by atoms with Crippen LogP contribution >= 0.6 is 12.4 Å². The van der Waals surface area contributed by atoms with E-state index in [1.54, 1.807) is 0 Å². The Morgan fingerprint density at radius 2 is 1.89 bits per heavy atom. The van der Waals surface area contributed by atoms with Crippen molar-refractivity contribution < 1.29 is 9.59 Å². The largest absolute Gasteiger partial charge is 0.326 e. The van der Waals surface area contributed by atoms with Crippen molar-refractivity contribution >= 4 is 35.6 Å². The van der Waals surface area contributed by atoms with Gasteiger partial charge >= 0.3 is 0 Å². The van der Waals surface area contributed by atoms with Crippen LogP contribution in [0.25, 0.3) is 0 Å². The first-order valence-corrected chi connectivity index (χ1v) is 9.69. The standard InChI is InChI=1S/C22H25N3O2.ClH/c26-21(25-13-11-17-4-1-2-6-20(17)25)14-16-7-9-19(10-8-16)24-22(27)18-5-3-12-23-15-18;/h1-2,4,6-10,18,23H,3,5,11-15H2,(H,24,27);1H. The van der Waals surface area contributed by atoms with Gasteiger partial charge in [-0.15, -0.1) is 12.4 Å². The fraction of sp³-hybridized carbons (Fsp3) is 0.364. The molecule has 2 aliphatic heterocycles. The Hall–Kier alpha value is -2.37. The first kappa shape index (κ1) is 20.4. The molecule has 2 N–H and O–H groups in total. The molecule has 5 nitrogen and oxygen atoms in total. The second kappa shape index (κ2) is 9.22. The molecule has 0 aromatic heterocycles. The first-order chi connectivity index (χ1) is 13.2. The highest BCUT2D eigenvalue weighted by Gasteiger charge is 2.24. The van der Waals surface area contributed by atoms with E-state index in [1.165, 1.54) is 5.56 Å². The van der Waals surface area contributed by atoms with Crippen LogP contribution in [-0.2, 0) is 22.4 Å². The fourth-order valence-electron chi connectivity index (χ4n) is 3.89. The molecular weight excluding hydrogens is 374 g/mol. The molecule has 2 aromatic rings. The van der Waals surface area contributed by atoms with Crippen molar-refractivity contribution in [1.82, 2.24) is 5.32 Å². The lowest BCUT2D eigenvalue weighted by atomic mass is 9.99. The van der Waals surface area contributed by atoms with Gasteiger partial charge in [-0.3, -0.25) is 9.59 Å². The van der Waals surface area contributed by atoms with Crippen molar-refractivity contribution in [2.75, 3.05) is 29.9 Å². The molecule has 2 heterocycles. The summed E-state index contributed by atoms with van der Waals surface area (Å²) in [4.78, 5) is 26.9. The van der Waals surface area contributed by atoms with Gasteiger partial charge in [0.05, 0.1) is 12.3 Å².